The molecule has 0 unspecified atom stereocenters. The number of aliphatic hydroxyl groups excluding tert-OH is 1. The fourth-order valence-electron chi connectivity index (χ4n) is 1.84. The molecule has 2 nitrogen and oxygen atoms in total. The Morgan fingerprint density at radius 2 is 2.12 bits per heavy atom. The first-order chi connectivity index (χ1) is 8.03. The fraction of sp³-hybridized carbons (Fsp3) is 0.571. The molecule has 0 saturated carbocycles. The molecule has 0 spiro atoms. The lowest BCUT2D eigenvalue weighted by Gasteiger charge is -2.24. The van der Waals surface area contributed by atoms with Crippen LogP contribution >= 0.6 is 15.9 Å². The molecular weight excluding hydrogens is 278 g/mol. The van der Waals surface area contributed by atoms with Crippen LogP contribution in [0.1, 0.15) is 32.3 Å². The van der Waals surface area contributed by atoms with Gasteiger partial charge in [0.25, 0.3) is 0 Å². The number of benzene rings is 1. The lowest BCUT2D eigenvalue weighted by atomic mass is 9.88. The molecule has 0 fully saturated rings. The Balaban J connectivity index is 2.32. The summed E-state index contributed by atoms with van der Waals surface area (Å²) < 4.78 is 1.12. The average molecular weight is 300 g/mol. The highest BCUT2D eigenvalue weighted by atomic mass is 79.9. The summed E-state index contributed by atoms with van der Waals surface area (Å²) in [6.45, 7) is 6.61. The quantitative estimate of drug-likeness (QED) is 0.809. The molecule has 1 aromatic carbocycles. The maximum absolute atomic E-state index is 8.84. The Labute approximate surface area is 113 Å². The molecule has 96 valence electrons. The van der Waals surface area contributed by atoms with Crippen molar-refractivity contribution in [2.75, 3.05) is 13.2 Å². The van der Waals surface area contributed by atoms with Crippen LogP contribution in [-0.4, -0.2) is 18.3 Å². The van der Waals surface area contributed by atoms with Gasteiger partial charge in [0, 0.05) is 24.2 Å². The summed E-state index contributed by atoms with van der Waals surface area (Å²) in [6.07, 6.45) is 1.93. The van der Waals surface area contributed by atoms with E-state index < -0.39 is 0 Å². The van der Waals surface area contributed by atoms with E-state index in [1.54, 1.807) is 0 Å². The first kappa shape index (κ1) is 14.7. The maximum Gasteiger partial charge on any atom is 0.0431 e. The summed E-state index contributed by atoms with van der Waals surface area (Å²) >= 11 is 3.47. The van der Waals surface area contributed by atoms with Crippen molar-refractivity contribution in [3.05, 3.63) is 34.3 Å². The van der Waals surface area contributed by atoms with Gasteiger partial charge in [-0.15, -0.1) is 0 Å². The van der Waals surface area contributed by atoms with Gasteiger partial charge in [0.2, 0.25) is 0 Å². The van der Waals surface area contributed by atoms with Gasteiger partial charge in [-0.2, -0.15) is 0 Å². The third kappa shape index (κ3) is 6.20. The topological polar surface area (TPSA) is 32.3 Å². The van der Waals surface area contributed by atoms with E-state index in [2.05, 4.69) is 53.3 Å². The molecule has 0 aliphatic carbocycles. The van der Waals surface area contributed by atoms with Crippen LogP contribution in [0.25, 0.3) is 0 Å². The van der Waals surface area contributed by atoms with Crippen LogP contribution in [0.5, 0.6) is 0 Å². The van der Waals surface area contributed by atoms with Crippen LogP contribution < -0.4 is 5.32 Å². The summed E-state index contributed by atoms with van der Waals surface area (Å²) in [6, 6.07) is 8.35. The highest BCUT2D eigenvalue weighted by molar-refractivity contribution is 9.10. The molecule has 17 heavy (non-hydrogen) atoms. The van der Waals surface area contributed by atoms with Gasteiger partial charge in [-0.05, 0) is 36.0 Å². The number of aliphatic hydroxyl groups is 1. The summed E-state index contributed by atoms with van der Waals surface area (Å²) in [5, 5.41) is 12.3. The van der Waals surface area contributed by atoms with E-state index in [-0.39, 0.29) is 12.0 Å². The summed E-state index contributed by atoms with van der Waals surface area (Å²) in [5.74, 6) is 0. The van der Waals surface area contributed by atoms with Crippen LogP contribution in [-0.2, 0) is 6.54 Å². The Kier molecular flexibility index (Phi) is 6.17. The molecule has 0 aliphatic heterocycles. The van der Waals surface area contributed by atoms with Crippen LogP contribution in [0.4, 0.5) is 0 Å². The first-order valence-corrected chi connectivity index (χ1v) is 6.89. The summed E-state index contributed by atoms with van der Waals surface area (Å²) in [5.41, 5.74) is 1.53. The summed E-state index contributed by atoms with van der Waals surface area (Å²) in [7, 11) is 0. The Morgan fingerprint density at radius 3 is 2.76 bits per heavy atom. The van der Waals surface area contributed by atoms with Gasteiger partial charge in [0.05, 0.1) is 0 Å². The molecule has 0 heterocycles. The number of rotatable bonds is 7. The van der Waals surface area contributed by atoms with Gasteiger partial charge < -0.3 is 10.4 Å². The predicted octanol–water partition coefficient (Wildman–Crippen LogP) is 3.34. The number of hydrogen-bond donors (Lipinski definition) is 2. The maximum atomic E-state index is 8.84. The molecule has 0 aromatic heterocycles. The Morgan fingerprint density at radius 1 is 1.35 bits per heavy atom. The fourth-order valence-corrected chi connectivity index (χ4v) is 2.28. The smallest absolute Gasteiger partial charge is 0.0431 e. The van der Waals surface area contributed by atoms with E-state index in [1.165, 1.54) is 5.56 Å². The number of nitrogens with one attached hydrogen (secondary N) is 1. The van der Waals surface area contributed by atoms with Crippen molar-refractivity contribution in [2.45, 2.75) is 33.2 Å². The normalized spacial score (nSPS) is 11.8. The van der Waals surface area contributed by atoms with Crippen LogP contribution in [0.15, 0.2) is 28.7 Å². The highest BCUT2D eigenvalue weighted by Gasteiger charge is 2.16. The van der Waals surface area contributed by atoms with Crippen molar-refractivity contribution >= 4 is 15.9 Å². The second kappa shape index (κ2) is 7.14. The monoisotopic (exact) mass is 299 g/mol. The van der Waals surface area contributed by atoms with E-state index in [9.17, 15) is 0 Å². The highest BCUT2D eigenvalue weighted by Crippen LogP contribution is 2.21. The van der Waals surface area contributed by atoms with Crippen molar-refractivity contribution in [1.29, 1.82) is 0 Å². The summed E-state index contributed by atoms with van der Waals surface area (Å²) in [4.78, 5) is 0. The zero-order valence-corrected chi connectivity index (χ0v) is 12.3. The van der Waals surface area contributed by atoms with E-state index >= 15 is 0 Å². The van der Waals surface area contributed by atoms with Crippen molar-refractivity contribution < 1.29 is 5.11 Å². The van der Waals surface area contributed by atoms with Gasteiger partial charge >= 0.3 is 0 Å². The van der Waals surface area contributed by atoms with Gasteiger partial charge in [-0.25, -0.2) is 0 Å². The minimum absolute atomic E-state index is 0.245. The Hall–Kier alpha value is -0.380. The predicted molar refractivity (Wildman–Crippen MR) is 75.9 cm³/mol. The van der Waals surface area contributed by atoms with Crippen LogP contribution in [0.2, 0.25) is 0 Å². The molecule has 0 saturated heterocycles. The lowest BCUT2D eigenvalue weighted by Crippen LogP contribution is -2.29. The minimum Gasteiger partial charge on any atom is -0.396 e. The lowest BCUT2D eigenvalue weighted by molar-refractivity contribution is 0.236. The van der Waals surface area contributed by atoms with Crippen LogP contribution in [0, 0.1) is 5.41 Å². The van der Waals surface area contributed by atoms with Crippen molar-refractivity contribution in [3.63, 3.8) is 0 Å². The van der Waals surface area contributed by atoms with Crippen molar-refractivity contribution in [3.8, 4) is 0 Å². The second-order valence-electron chi connectivity index (χ2n) is 5.22. The van der Waals surface area contributed by atoms with E-state index in [4.69, 9.17) is 5.11 Å². The van der Waals surface area contributed by atoms with Crippen molar-refractivity contribution in [1.82, 2.24) is 5.32 Å². The van der Waals surface area contributed by atoms with Gasteiger partial charge in [-0.1, -0.05) is 41.9 Å². The standard InChI is InChI=1S/C14H22BrNO/c1-14(2,7-4-8-17)11-16-10-12-5-3-6-13(15)9-12/h3,5-6,9,16-17H,4,7-8,10-11H2,1-2H3. The molecule has 0 amide bonds. The molecule has 2 N–H and O–H groups in total. The Bertz CT molecular complexity index is 339. The van der Waals surface area contributed by atoms with Gasteiger partial charge in [-0.3, -0.25) is 0 Å². The SMILES string of the molecule is CC(C)(CCCO)CNCc1cccc(Br)c1. The average Bonchev–Trinajstić information content (AvgIpc) is 2.26. The van der Waals surface area contributed by atoms with Gasteiger partial charge in [0.1, 0.15) is 0 Å². The molecule has 0 bridgehead atoms. The first-order valence-electron chi connectivity index (χ1n) is 6.09. The molecule has 0 atom stereocenters. The minimum atomic E-state index is 0.245. The van der Waals surface area contributed by atoms with E-state index in [0.717, 1.165) is 30.4 Å². The molecular formula is C14H22BrNO. The molecule has 1 rings (SSSR count). The van der Waals surface area contributed by atoms with Crippen molar-refractivity contribution in [2.24, 2.45) is 5.41 Å². The molecule has 0 aliphatic rings. The molecule has 0 radical (unpaired) electrons. The van der Waals surface area contributed by atoms with E-state index in [0.29, 0.717) is 0 Å². The zero-order valence-electron chi connectivity index (χ0n) is 10.7. The molecule has 1 aromatic rings. The molecule has 3 heteroatoms. The van der Waals surface area contributed by atoms with Crippen LogP contribution in [0.3, 0.4) is 0 Å². The number of halogens is 1. The largest absolute Gasteiger partial charge is 0.396 e. The van der Waals surface area contributed by atoms with Gasteiger partial charge in [0.15, 0.2) is 0 Å². The second-order valence-corrected chi connectivity index (χ2v) is 6.14. The third-order valence-corrected chi connectivity index (χ3v) is 3.33. The zero-order chi connectivity index (χ0) is 12.7. The third-order valence-electron chi connectivity index (χ3n) is 2.83. The number of hydrogen-bond acceptors (Lipinski definition) is 2. The van der Waals surface area contributed by atoms with E-state index in [1.807, 2.05) is 6.07 Å².